The molecule has 0 aromatic rings. The van der Waals surface area contributed by atoms with Crippen molar-refractivity contribution in [3.05, 3.63) is 0 Å². The highest BCUT2D eigenvalue weighted by Gasteiger charge is 2.42. The van der Waals surface area contributed by atoms with Gasteiger partial charge in [0.25, 0.3) is 0 Å². The quantitative estimate of drug-likeness (QED) is 0.670. The molecule has 1 spiro atoms. The van der Waals surface area contributed by atoms with E-state index in [0.717, 1.165) is 31.7 Å². The number of esters is 1. The Hall–Kier alpha value is -0.260. The van der Waals surface area contributed by atoms with Gasteiger partial charge < -0.3 is 10.1 Å². The number of nitrogens with one attached hydrogen (secondary N) is 2. The van der Waals surface area contributed by atoms with Crippen molar-refractivity contribution in [3.8, 4) is 0 Å². The molecule has 0 radical (unpaired) electrons. The summed E-state index contributed by atoms with van der Waals surface area (Å²) in [6, 6.07) is -0.104. The van der Waals surface area contributed by atoms with Crippen LogP contribution >= 0.6 is 11.8 Å². The van der Waals surface area contributed by atoms with Crippen LogP contribution in [0.1, 0.15) is 19.8 Å². The molecule has 0 bridgehead atoms. The summed E-state index contributed by atoms with van der Waals surface area (Å²) < 4.78 is 5.03. The van der Waals surface area contributed by atoms with Crippen molar-refractivity contribution in [2.75, 3.05) is 25.4 Å². The fourth-order valence-electron chi connectivity index (χ4n) is 2.13. The van der Waals surface area contributed by atoms with Crippen molar-refractivity contribution < 1.29 is 9.53 Å². The van der Waals surface area contributed by atoms with Crippen LogP contribution in [0.4, 0.5) is 0 Å². The van der Waals surface area contributed by atoms with Gasteiger partial charge in [-0.05, 0) is 32.9 Å². The molecule has 0 aromatic carbocycles. The summed E-state index contributed by atoms with van der Waals surface area (Å²) in [5, 5.41) is 6.77. The summed E-state index contributed by atoms with van der Waals surface area (Å²) in [4.78, 5) is 11.7. The summed E-state index contributed by atoms with van der Waals surface area (Å²) in [7, 11) is 0. The Bertz CT molecular complexity index is 242. The number of ether oxygens (including phenoxy) is 1. The molecule has 2 N–H and O–H groups in total. The highest BCUT2D eigenvalue weighted by Crippen LogP contribution is 2.37. The number of hydrogen-bond donors (Lipinski definition) is 2. The second-order valence-corrected chi connectivity index (χ2v) is 5.41. The first-order valence-electron chi connectivity index (χ1n) is 5.55. The van der Waals surface area contributed by atoms with E-state index in [1.54, 1.807) is 0 Å². The highest BCUT2D eigenvalue weighted by molar-refractivity contribution is 8.01. The third-order valence-corrected chi connectivity index (χ3v) is 4.52. The first-order valence-corrected chi connectivity index (χ1v) is 6.53. The lowest BCUT2D eigenvalue weighted by molar-refractivity contribution is -0.145. The Labute approximate surface area is 94.5 Å². The molecule has 1 unspecified atom stereocenters. The molecule has 2 aliphatic heterocycles. The molecular weight excluding hydrogens is 212 g/mol. The smallest absolute Gasteiger partial charge is 0.324 e. The molecule has 2 fully saturated rings. The zero-order chi connectivity index (χ0) is 10.7. The minimum absolute atomic E-state index is 0.0968. The summed E-state index contributed by atoms with van der Waals surface area (Å²) in [5.41, 5.74) is 0. The standard InChI is InChI=1S/C10H18N2O2S/c1-2-14-9(13)8-7-15-10(12-8)3-5-11-6-4-10/h8,11-12H,2-7H2,1H3. The van der Waals surface area contributed by atoms with Gasteiger partial charge in [0.15, 0.2) is 0 Å². The number of piperidine rings is 1. The van der Waals surface area contributed by atoms with Crippen molar-refractivity contribution >= 4 is 17.7 Å². The van der Waals surface area contributed by atoms with E-state index in [-0.39, 0.29) is 16.9 Å². The highest BCUT2D eigenvalue weighted by atomic mass is 32.2. The maximum atomic E-state index is 11.6. The van der Waals surface area contributed by atoms with Gasteiger partial charge in [-0.1, -0.05) is 0 Å². The van der Waals surface area contributed by atoms with E-state index in [0.29, 0.717) is 6.61 Å². The number of carbonyl (C=O) groups excluding carboxylic acids is 1. The maximum Gasteiger partial charge on any atom is 0.324 e. The Balaban J connectivity index is 1.90. The SMILES string of the molecule is CCOC(=O)C1CSC2(CCNCC2)N1. The largest absolute Gasteiger partial charge is 0.465 e. The maximum absolute atomic E-state index is 11.6. The lowest BCUT2D eigenvalue weighted by atomic mass is 10.1. The Morgan fingerprint density at radius 3 is 2.93 bits per heavy atom. The van der Waals surface area contributed by atoms with Crippen molar-refractivity contribution in [1.29, 1.82) is 0 Å². The van der Waals surface area contributed by atoms with E-state index in [1.807, 2.05) is 18.7 Å². The molecule has 15 heavy (non-hydrogen) atoms. The third kappa shape index (κ3) is 2.46. The fraction of sp³-hybridized carbons (Fsp3) is 0.900. The Kier molecular flexibility index (Phi) is 3.53. The molecule has 2 aliphatic rings. The van der Waals surface area contributed by atoms with Crippen LogP contribution < -0.4 is 10.6 Å². The van der Waals surface area contributed by atoms with E-state index < -0.39 is 0 Å². The van der Waals surface area contributed by atoms with Gasteiger partial charge in [-0.15, -0.1) is 11.8 Å². The van der Waals surface area contributed by atoms with Gasteiger partial charge in [-0.25, -0.2) is 0 Å². The topological polar surface area (TPSA) is 50.4 Å². The van der Waals surface area contributed by atoms with E-state index >= 15 is 0 Å². The minimum atomic E-state index is -0.104. The average Bonchev–Trinajstić information content (AvgIpc) is 2.64. The number of carbonyl (C=O) groups is 1. The second kappa shape index (κ2) is 4.72. The Morgan fingerprint density at radius 2 is 2.27 bits per heavy atom. The summed E-state index contributed by atoms with van der Waals surface area (Å²) in [6.45, 7) is 4.39. The van der Waals surface area contributed by atoms with Crippen LogP contribution in [0.2, 0.25) is 0 Å². The molecule has 1 atom stereocenters. The second-order valence-electron chi connectivity index (χ2n) is 4.00. The average molecular weight is 230 g/mol. The predicted octanol–water partition coefficient (Wildman–Crippen LogP) is 0.334. The molecule has 2 heterocycles. The van der Waals surface area contributed by atoms with Crippen LogP contribution in [-0.2, 0) is 9.53 Å². The van der Waals surface area contributed by atoms with E-state index in [2.05, 4.69) is 10.6 Å². The molecule has 0 saturated carbocycles. The molecule has 0 aromatic heterocycles. The van der Waals surface area contributed by atoms with Gasteiger partial charge in [0.1, 0.15) is 6.04 Å². The van der Waals surface area contributed by atoms with Gasteiger partial charge in [0.05, 0.1) is 11.5 Å². The fourth-order valence-corrected chi connectivity index (χ4v) is 3.56. The van der Waals surface area contributed by atoms with E-state index in [9.17, 15) is 4.79 Å². The van der Waals surface area contributed by atoms with E-state index in [4.69, 9.17) is 4.74 Å². The van der Waals surface area contributed by atoms with Crippen LogP contribution in [0.15, 0.2) is 0 Å². The molecule has 4 nitrogen and oxygen atoms in total. The molecule has 2 saturated heterocycles. The molecule has 2 rings (SSSR count). The van der Waals surface area contributed by atoms with Gasteiger partial charge in [-0.2, -0.15) is 0 Å². The van der Waals surface area contributed by atoms with E-state index in [1.165, 1.54) is 0 Å². The Morgan fingerprint density at radius 1 is 1.53 bits per heavy atom. The number of thioether (sulfide) groups is 1. The molecule has 86 valence electrons. The van der Waals surface area contributed by atoms with Crippen molar-refractivity contribution in [1.82, 2.24) is 10.6 Å². The number of hydrogen-bond acceptors (Lipinski definition) is 5. The molecular formula is C10H18N2O2S. The normalized spacial score (nSPS) is 29.3. The van der Waals surface area contributed by atoms with Crippen molar-refractivity contribution in [3.63, 3.8) is 0 Å². The molecule has 0 amide bonds. The van der Waals surface area contributed by atoms with Gasteiger partial charge in [0.2, 0.25) is 0 Å². The summed E-state index contributed by atoms with van der Waals surface area (Å²) in [6.07, 6.45) is 2.18. The summed E-state index contributed by atoms with van der Waals surface area (Å²) in [5.74, 6) is 0.749. The van der Waals surface area contributed by atoms with Gasteiger partial charge >= 0.3 is 5.97 Å². The van der Waals surface area contributed by atoms with Crippen LogP contribution in [0.3, 0.4) is 0 Å². The third-order valence-electron chi connectivity index (χ3n) is 2.95. The molecule has 5 heteroatoms. The van der Waals surface area contributed by atoms with Crippen molar-refractivity contribution in [2.45, 2.75) is 30.7 Å². The number of rotatable bonds is 2. The lowest BCUT2D eigenvalue weighted by Crippen LogP contribution is -2.51. The zero-order valence-corrected chi connectivity index (χ0v) is 9.86. The van der Waals surface area contributed by atoms with Gasteiger partial charge in [-0.3, -0.25) is 10.1 Å². The van der Waals surface area contributed by atoms with Gasteiger partial charge in [0, 0.05) is 5.75 Å². The van der Waals surface area contributed by atoms with Crippen LogP contribution in [0.25, 0.3) is 0 Å². The van der Waals surface area contributed by atoms with Crippen LogP contribution in [0, 0.1) is 0 Å². The first kappa shape index (κ1) is 11.2. The first-order chi connectivity index (χ1) is 7.26. The minimum Gasteiger partial charge on any atom is -0.465 e. The zero-order valence-electron chi connectivity index (χ0n) is 9.04. The predicted molar refractivity (Wildman–Crippen MR) is 60.8 cm³/mol. The summed E-state index contributed by atoms with van der Waals surface area (Å²) >= 11 is 1.88. The van der Waals surface area contributed by atoms with Crippen LogP contribution in [-0.4, -0.2) is 42.3 Å². The monoisotopic (exact) mass is 230 g/mol. The van der Waals surface area contributed by atoms with Crippen LogP contribution in [0.5, 0.6) is 0 Å². The molecule has 0 aliphatic carbocycles. The van der Waals surface area contributed by atoms with Crippen molar-refractivity contribution in [2.24, 2.45) is 0 Å². The lowest BCUT2D eigenvalue weighted by Gasteiger charge is -2.33.